The molecule has 0 aliphatic carbocycles. The number of nitro benzene ring substituents is 2. The zero-order chi connectivity index (χ0) is 11.7. The van der Waals surface area contributed by atoms with Crippen LogP contribution in [0.4, 0.5) is 17.1 Å². The molecule has 7 nitrogen and oxygen atoms in total. The predicted octanol–water partition coefficient (Wildman–Crippen LogP) is 1.70. The van der Waals surface area contributed by atoms with Gasteiger partial charge in [-0.05, 0) is 19.4 Å². The van der Waals surface area contributed by atoms with Gasteiger partial charge >= 0.3 is 5.69 Å². The number of rotatable bonds is 2. The summed E-state index contributed by atoms with van der Waals surface area (Å²) in [6.45, 7) is 3.07. The van der Waals surface area contributed by atoms with E-state index in [0.29, 0.717) is 11.1 Å². The molecule has 15 heavy (non-hydrogen) atoms. The number of hydrogen-bond donors (Lipinski definition) is 1. The Kier molecular flexibility index (Phi) is 2.56. The van der Waals surface area contributed by atoms with E-state index in [4.69, 9.17) is 5.73 Å². The van der Waals surface area contributed by atoms with E-state index in [9.17, 15) is 20.2 Å². The fourth-order valence-electron chi connectivity index (χ4n) is 1.29. The van der Waals surface area contributed by atoms with Crippen molar-refractivity contribution in [1.29, 1.82) is 0 Å². The van der Waals surface area contributed by atoms with Gasteiger partial charge in [-0.2, -0.15) is 0 Å². The Bertz CT molecular complexity index is 456. The van der Waals surface area contributed by atoms with Crippen molar-refractivity contribution in [2.24, 2.45) is 0 Å². The van der Waals surface area contributed by atoms with Crippen molar-refractivity contribution in [2.75, 3.05) is 5.73 Å². The monoisotopic (exact) mass is 211 g/mol. The van der Waals surface area contributed by atoms with Crippen molar-refractivity contribution in [3.05, 3.63) is 37.4 Å². The molecule has 0 aliphatic rings. The summed E-state index contributed by atoms with van der Waals surface area (Å²) in [6, 6.07) is 1.23. The van der Waals surface area contributed by atoms with Crippen LogP contribution in [0, 0.1) is 34.1 Å². The smallest absolute Gasteiger partial charge is 0.302 e. The fraction of sp³-hybridized carbons (Fsp3) is 0.250. The Hall–Kier alpha value is -2.18. The molecule has 0 radical (unpaired) electrons. The first-order valence-electron chi connectivity index (χ1n) is 4.04. The van der Waals surface area contributed by atoms with E-state index in [-0.39, 0.29) is 5.69 Å². The molecule has 1 aromatic rings. The maximum Gasteiger partial charge on any atom is 0.302 e. The van der Waals surface area contributed by atoms with Gasteiger partial charge in [0.25, 0.3) is 5.69 Å². The number of nitro groups is 2. The summed E-state index contributed by atoms with van der Waals surface area (Å²) in [7, 11) is 0. The van der Waals surface area contributed by atoms with E-state index < -0.39 is 21.2 Å². The number of nitrogens with zero attached hydrogens (tertiary/aromatic N) is 2. The number of nitrogens with two attached hydrogens (primary N) is 1. The Balaban J connectivity index is 3.63. The van der Waals surface area contributed by atoms with Crippen LogP contribution in [0.5, 0.6) is 0 Å². The van der Waals surface area contributed by atoms with Crippen molar-refractivity contribution in [3.63, 3.8) is 0 Å². The first-order chi connectivity index (χ1) is 6.86. The Morgan fingerprint density at radius 2 is 1.73 bits per heavy atom. The third-order valence-corrected chi connectivity index (χ3v) is 2.21. The molecule has 0 amide bonds. The van der Waals surface area contributed by atoms with E-state index in [2.05, 4.69) is 0 Å². The number of aryl methyl sites for hydroxylation is 1. The van der Waals surface area contributed by atoms with Gasteiger partial charge in [-0.1, -0.05) is 0 Å². The standard InChI is InChI=1S/C8H9N3O4/c1-4-3-6(10(12)13)7(9)8(5(4)2)11(14)15/h3H,9H2,1-2H3. The van der Waals surface area contributed by atoms with Crippen molar-refractivity contribution in [1.82, 2.24) is 0 Å². The minimum absolute atomic E-state index is 0.350. The van der Waals surface area contributed by atoms with E-state index in [1.807, 2.05) is 0 Å². The molecule has 1 aromatic carbocycles. The molecule has 0 saturated carbocycles. The van der Waals surface area contributed by atoms with Crippen LogP contribution in [0.2, 0.25) is 0 Å². The Morgan fingerprint density at radius 1 is 1.20 bits per heavy atom. The van der Waals surface area contributed by atoms with Gasteiger partial charge < -0.3 is 5.73 Å². The van der Waals surface area contributed by atoms with Crippen LogP contribution < -0.4 is 5.73 Å². The van der Waals surface area contributed by atoms with Crippen LogP contribution in [-0.4, -0.2) is 9.85 Å². The second-order valence-corrected chi connectivity index (χ2v) is 3.11. The first-order valence-corrected chi connectivity index (χ1v) is 4.04. The van der Waals surface area contributed by atoms with E-state index in [1.165, 1.54) is 13.0 Å². The summed E-state index contributed by atoms with van der Waals surface area (Å²) in [5, 5.41) is 21.2. The lowest BCUT2D eigenvalue weighted by Crippen LogP contribution is -2.04. The molecule has 0 unspecified atom stereocenters. The molecule has 0 aromatic heterocycles. The average Bonchev–Trinajstić information content (AvgIpc) is 2.10. The average molecular weight is 211 g/mol. The summed E-state index contributed by atoms with van der Waals surface area (Å²) < 4.78 is 0. The maximum absolute atomic E-state index is 10.7. The second-order valence-electron chi connectivity index (χ2n) is 3.11. The molecule has 7 heteroatoms. The highest BCUT2D eigenvalue weighted by Gasteiger charge is 2.26. The van der Waals surface area contributed by atoms with Crippen LogP contribution in [0.3, 0.4) is 0 Å². The molecular weight excluding hydrogens is 202 g/mol. The molecule has 0 spiro atoms. The van der Waals surface area contributed by atoms with Gasteiger partial charge in [0.15, 0.2) is 5.69 Å². The zero-order valence-corrected chi connectivity index (χ0v) is 8.18. The molecule has 0 aliphatic heterocycles. The van der Waals surface area contributed by atoms with Gasteiger partial charge in [0.2, 0.25) is 0 Å². The number of anilines is 1. The maximum atomic E-state index is 10.7. The topological polar surface area (TPSA) is 112 Å². The number of nitrogen functional groups attached to an aromatic ring is 1. The highest BCUT2D eigenvalue weighted by Crippen LogP contribution is 2.36. The summed E-state index contributed by atoms with van der Waals surface area (Å²) in [5.41, 5.74) is 4.99. The predicted molar refractivity (Wildman–Crippen MR) is 53.6 cm³/mol. The fourth-order valence-corrected chi connectivity index (χ4v) is 1.29. The van der Waals surface area contributed by atoms with Crippen molar-refractivity contribution >= 4 is 17.1 Å². The minimum atomic E-state index is -0.727. The largest absolute Gasteiger partial charge is 0.387 e. The highest BCUT2D eigenvalue weighted by molar-refractivity contribution is 5.75. The van der Waals surface area contributed by atoms with Crippen LogP contribution in [-0.2, 0) is 0 Å². The van der Waals surface area contributed by atoms with E-state index >= 15 is 0 Å². The Morgan fingerprint density at radius 3 is 2.13 bits per heavy atom. The molecular formula is C8H9N3O4. The van der Waals surface area contributed by atoms with Gasteiger partial charge in [-0.3, -0.25) is 20.2 Å². The second kappa shape index (κ2) is 3.52. The number of hydrogen-bond acceptors (Lipinski definition) is 5. The lowest BCUT2D eigenvalue weighted by atomic mass is 10.1. The molecule has 1 rings (SSSR count). The normalized spacial score (nSPS) is 10.0. The summed E-state index contributed by atoms with van der Waals surface area (Å²) >= 11 is 0. The number of benzene rings is 1. The molecule has 0 saturated heterocycles. The van der Waals surface area contributed by atoms with Crippen molar-refractivity contribution < 1.29 is 9.85 Å². The van der Waals surface area contributed by atoms with Crippen LogP contribution in [0.1, 0.15) is 11.1 Å². The van der Waals surface area contributed by atoms with Gasteiger partial charge in [0.1, 0.15) is 0 Å². The summed E-state index contributed by atoms with van der Waals surface area (Å²) in [6.07, 6.45) is 0. The third kappa shape index (κ3) is 1.71. The highest BCUT2D eigenvalue weighted by atomic mass is 16.6. The molecule has 0 atom stereocenters. The van der Waals surface area contributed by atoms with Crippen molar-refractivity contribution in [2.45, 2.75) is 13.8 Å². The molecule has 0 bridgehead atoms. The lowest BCUT2D eigenvalue weighted by molar-refractivity contribution is -0.392. The van der Waals surface area contributed by atoms with Crippen LogP contribution in [0.15, 0.2) is 6.07 Å². The molecule has 0 heterocycles. The van der Waals surface area contributed by atoms with E-state index in [0.717, 1.165) is 0 Å². The van der Waals surface area contributed by atoms with Gasteiger partial charge in [-0.25, -0.2) is 0 Å². The summed E-state index contributed by atoms with van der Waals surface area (Å²) in [5.74, 6) is 0. The van der Waals surface area contributed by atoms with Crippen LogP contribution >= 0.6 is 0 Å². The van der Waals surface area contributed by atoms with Gasteiger partial charge in [-0.15, -0.1) is 0 Å². The zero-order valence-electron chi connectivity index (χ0n) is 8.18. The summed E-state index contributed by atoms with van der Waals surface area (Å²) in [4.78, 5) is 19.8. The van der Waals surface area contributed by atoms with Gasteiger partial charge in [0, 0.05) is 11.6 Å². The van der Waals surface area contributed by atoms with Crippen LogP contribution in [0.25, 0.3) is 0 Å². The molecule has 2 N–H and O–H groups in total. The quantitative estimate of drug-likeness (QED) is 0.454. The lowest BCUT2D eigenvalue weighted by Gasteiger charge is -2.04. The minimum Gasteiger partial charge on any atom is -0.387 e. The van der Waals surface area contributed by atoms with E-state index in [1.54, 1.807) is 6.92 Å². The SMILES string of the molecule is Cc1cc([N+](=O)[O-])c(N)c([N+](=O)[O-])c1C. The Labute approximate surface area is 84.8 Å². The van der Waals surface area contributed by atoms with Crippen molar-refractivity contribution in [3.8, 4) is 0 Å². The molecule has 0 fully saturated rings. The first kappa shape index (κ1) is 10.9. The van der Waals surface area contributed by atoms with Gasteiger partial charge in [0.05, 0.1) is 9.85 Å². The molecule has 80 valence electrons. The third-order valence-electron chi connectivity index (χ3n) is 2.21.